The van der Waals surface area contributed by atoms with Crippen LogP contribution < -0.4 is 0 Å². The van der Waals surface area contributed by atoms with E-state index in [9.17, 15) is 9.59 Å². The summed E-state index contributed by atoms with van der Waals surface area (Å²) in [6.07, 6.45) is 6.45. The lowest BCUT2D eigenvalue weighted by molar-refractivity contribution is -0.173. The summed E-state index contributed by atoms with van der Waals surface area (Å²) in [5.74, 6) is -0.213. The smallest absolute Gasteiger partial charge is 0.323 e. The van der Waals surface area contributed by atoms with Crippen LogP contribution in [0.25, 0.3) is 0 Å². The van der Waals surface area contributed by atoms with Gasteiger partial charge in [0.05, 0.1) is 13.2 Å². The minimum atomic E-state index is -1.14. The number of rotatable bonds is 13. The summed E-state index contributed by atoms with van der Waals surface area (Å²) >= 11 is 5.67. The van der Waals surface area contributed by atoms with Crippen LogP contribution in [-0.2, 0) is 19.1 Å². The van der Waals surface area contributed by atoms with E-state index in [0.717, 1.165) is 38.5 Å². The van der Waals surface area contributed by atoms with Gasteiger partial charge in [-0.1, -0.05) is 39.0 Å². The Morgan fingerprint density at radius 1 is 0.818 bits per heavy atom. The number of halogens is 1. The molecule has 0 saturated carbocycles. The molecule has 0 rings (SSSR count). The Hall–Kier alpha value is -0.770. The van der Waals surface area contributed by atoms with Crippen molar-refractivity contribution >= 4 is 23.5 Å². The Morgan fingerprint density at radius 3 is 1.77 bits per heavy atom. The van der Waals surface area contributed by atoms with Crippen LogP contribution in [0, 0.1) is 5.41 Å². The molecular weight excluding hydrogens is 304 g/mol. The maximum Gasteiger partial charge on any atom is 0.323 e. The summed E-state index contributed by atoms with van der Waals surface area (Å²) in [7, 11) is 0. The molecule has 0 aliphatic carbocycles. The molecule has 5 heteroatoms. The van der Waals surface area contributed by atoms with E-state index in [1.165, 1.54) is 0 Å². The first-order chi connectivity index (χ1) is 10.6. The molecule has 130 valence electrons. The Bertz CT molecular complexity index is 300. The summed E-state index contributed by atoms with van der Waals surface area (Å²) in [4.78, 5) is 24.9. The predicted octanol–water partition coefficient (Wildman–Crippen LogP) is 4.48. The van der Waals surface area contributed by atoms with Crippen molar-refractivity contribution in [2.24, 2.45) is 5.41 Å². The number of alkyl halides is 1. The van der Waals surface area contributed by atoms with Gasteiger partial charge in [0.15, 0.2) is 5.41 Å². The minimum absolute atomic E-state index is 0.276. The highest BCUT2D eigenvalue weighted by Gasteiger charge is 2.47. The highest BCUT2D eigenvalue weighted by atomic mass is 35.5. The van der Waals surface area contributed by atoms with Crippen molar-refractivity contribution in [3.05, 3.63) is 0 Å². The largest absolute Gasteiger partial charge is 0.465 e. The monoisotopic (exact) mass is 334 g/mol. The van der Waals surface area contributed by atoms with Crippen LogP contribution in [0.15, 0.2) is 0 Å². The number of unbranched alkanes of at least 4 members (excludes halogenated alkanes) is 4. The third-order valence-corrected chi connectivity index (χ3v) is 4.04. The molecule has 0 aromatic heterocycles. The number of carbonyl (C=O) groups is 2. The number of carbonyl (C=O) groups excluding carboxylic acids is 2. The second kappa shape index (κ2) is 12.7. The molecule has 0 amide bonds. The van der Waals surface area contributed by atoms with E-state index in [1.54, 1.807) is 13.8 Å². The van der Waals surface area contributed by atoms with Gasteiger partial charge in [-0.15, -0.1) is 11.6 Å². The molecule has 0 spiro atoms. The van der Waals surface area contributed by atoms with Crippen LogP contribution in [0.2, 0.25) is 0 Å². The molecule has 0 radical (unpaired) electrons. The quantitative estimate of drug-likeness (QED) is 0.216. The molecule has 0 aromatic carbocycles. The number of ether oxygens (including phenoxy) is 2. The maximum absolute atomic E-state index is 12.5. The van der Waals surface area contributed by atoms with Crippen molar-refractivity contribution in [2.75, 3.05) is 19.1 Å². The molecule has 0 bridgehead atoms. The number of hydrogen-bond acceptors (Lipinski definition) is 4. The van der Waals surface area contributed by atoms with E-state index in [-0.39, 0.29) is 13.2 Å². The van der Waals surface area contributed by atoms with E-state index in [4.69, 9.17) is 21.1 Å². The molecule has 0 heterocycles. The molecule has 0 saturated heterocycles. The third-order valence-electron chi connectivity index (χ3n) is 3.78. The average Bonchev–Trinajstić information content (AvgIpc) is 2.50. The first-order valence-corrected chi connectivity index (χ1v) is 9.02. The van der Waals surface area contributed by atoms with Gasteiger partial charge in [0.25, 0.3) is 0 Å². The van der Waals surface area contributed by atoms with Crippen LogP contribution >= 0.6 is 11.6 Å². The van der Waals surface area contributed by atoms with Gasteiger partial charge >= 0.3 is 11.9 Å². The molecular formula is C17H31ClO4. The van der Waals surface area contributed by atoms with E-state index in [1.807, 2.05) is 6.92 Å². The van der Waals surface area contributed by atoms with Gasteiger partial charge in [-0.25, -0.2) is 0 Å². The fourth-order valence-corrected chi connectivity index (χ4v) is 2.70. The Labute approximate surface area is 139 Å². The van der Waals surface area contributed by atoms with Gasteiger partial charge in [0.2, 0.25) is 0 Å². The summed E-state index contributed by atoms with van der Waals surface area (Å²) in [5.41, 5.74) is -1.14. The van der Waals surface area contributed by atoms with Gasteiger partial charge < -0.3 is 9.47 Å². The second-order valence-electron chi connectivity index (χ2n) is 5.48. The van der Waals surface area contributed by atoms with Crippen molar-refractivity contribution in [3.8, 4) is 0 Å². The van der Waals surface area contributed by atoms with Gasteiger partial charge in [-0.3, -0.25) is 9.59 Å². The molecule has 0 atom stereocenters. The van der Waals surface area contributed by atoms with Crippen molar-refractivity contribution in [3.63, 3.8) is 0 Å². The standard InChI is InChI=1S/C17H31ClO4/c1-4-7-12-17(15(19)21-5-2,16(20)22-6-3)13-10-8-9-11-14-18/h4-14H2,1-3H3. The van der Waals surface area contributed by atoms with Gasteiger partial charge in [-0.2, -0.15) is 0 Å². The molecule has 0 fully saturated rings. The highest BCUT2D eigenvalue weighted by molar-refractivity contribution is 6.17. The highest BCUT2D eigenvalue weighted by Crippen LogP contribution is 2.35. The molecule has 0 aliphatic heterocycles. The van der Waals surface area contributed by atoms with Crippen LogP contribution in [0.3, 0.4) is 0 Å². The Kier molecular flexibility index (Phi) is 12.3. The molecule has 4 nitrogen and oxygen atoms in total. The van der Waals surface area contributed by atoms with Crippen molar-refractivity contribution in [1.82, 2.24) is 0 Å². The lowest BCUT2D eigenvalue weighted by atomic mass is 9.78. The molecule has 0 aromatic rings. The first kappa shape index (κ1) is 21.2. The van der Waals surface area contributed by atoms with Crippen LogP contribution in [0.5, 0.6) is 0 Å². The third kappa shape index (κ3) is 6.99. The van der Waals surface area contributed by atoms with Crippen molar-refractivity contribution in [1.29, 1.82) is 0 Å². The summed E-state index contributed by atoms with van der Waals surface area (Å²) in [6, 6.07) is 0. The minimum Gasteiger partial charge on any atom is -0.465 e. The SMILES string of the molecule is CCCCC(CCCCCCCl)(C(=O)OCC)C(=O)OCC. The Morgan fingerprint density at radius 2 is 1.32 bits per heavy atom. The maximum atomic E-state index is 12.5. The summed E-state index contributed by atoms with van der Waals surface area (Å²) < 4.78 is 10.4. The Balaban J connectivity index is 4.99. The van der Waals surface area contributed by atoms with E-state index >= 15 is 0 Å². The zero-order chi connectivity index (χ0) is 16.8. The lowest BCUT2D eigenvalue weighted by Gasteiger charge is -2.29. The van der Waals surface area contributed by atoms with E-state index < -0.39 is 17.4 Å². The zero-order valence-corrected chi connectivity index (χ0v) is 15.0. The van der Waals surface area contributed by atoms with Crippen molar-refractivity contribution in [2.45, 2.75) is 72.1 Å². The summed E-state index contributed by atoms with van der Waals surface area (Å²) in [5, 5.41) is 0. The fourth-order valence-electron chi connectivity index (χ4n) is 2.51. The first-order valence-electron chi connectivity index (χ1n) is 8.49. The second-order valence-corrected chi connectivity index (χ2v) is 5.86. The zero-order valence-electron chi connectivity index (χ0n) is 14.3. The molecule has 0 unspecified atom stereocenters. The molecule has 0 N–H and O–H groups in total. The average molecular weight is 335 g/mol. The number of esters is 2. The van der Waals surface area contributed by atoms with Gasteiger partial charge in [-0.05, 0) is 33.1 Å². The van der Waals surface area contributed by atoms with Gasteiger partial charge in [0.1, 0.15) is 0 Å². The topological polar surface area (TPSA) is 52.6 Å². The van der Waals surface area contributed by atoms with Gasteiger partial charge in [0, 0.05) is 5.88 Å². The molecule has 22 heavy (non-hydrogen) atoms. The van der Waals surface area contributed by atoms with E-state index in [0.29, 0.717) is 18.7 Å². The fraction of sp³-hybridized carbons (Fsp3) is 0.882. The lowest BCUT2D eigenvalue weighted by Crippen LogP contribution is -2.42. The van der Waals surface area contributed by atoms with Crippen LogP contribution in [0.1, 0.15) is 72.1 Å². The van der Waals surface area contributed by atoms with Crippen LogP contribution in [-0.4, -0.2) is 31.0 Å². The van der Waals surface area contributed by atoms with Crippen LogP contribution in [0.4, 0.5) is 0 Å². The van der Waals surface area contributed by atoms with Crippen molar-refractivity contribution < 1.29 is 19.1 Å². The normalized spacial score (nSPS) is 11.3. The molecule has 0 aliphatic rings. The number of hydrogen-bond donors (Lipinski definition) is 0. The summed E-state index contributed by atoms with van der Waals surface area (Å²) in [6.45, 7) is 6.11. The predicted molar refractivity (Wildman–Crippen MR) is 89.0 cm³/mol. The van der Waals surface area contributed by atoms with E-state index in [2.05, 4.69) is 0 Å².